The van der Waals surface area contributed by atoms with Crippen LogP contribution in [0.2, 0.25) is 0 Å². The SMILES string of the molecule is Cc1ccccc1C(N)C(=O)NCc1ccns1. The average Bonchev–Trinajstić information content (AvgIpc) is 2.89. The van der Waals surface area contributed by atoms with Gasteiger partial charge in [-0.3, -0.25) is 4.79 Å². The molecule has 0 fully saturated rings. The number of benzene rings is 1. The van der Waals surface area contributed by atoms with Gasteiger partial charge >= 0.3 is 0 Å². The van der Waals surface area contributed by atoms with Crippen LogP contribution in [0.3, 0.4) is 0 Å². The van der Waals surface area contributed by atoms with Crippen molar-refractivity contribution in [1.82, 2.24) is 9.69 Å². The van der Waals surface area contributed by atoms with Gasteiger partial charge in [-0.1, -0.05) is 24.3 Å². The van der Waals surface area contributed by atoms with Crippen molar-refractivity contribution in [3.05, 3.63) is 52.5 Å². The summed E-state index contributed by atoms with van der Waals surface area (Å²) in [6.45, 7) is 2.43. The number of nitrogens with one attached hydrogen (secondary N) is 1. The van der Waals surface area contributed by atoms with Crippen LogP contribution in [0.1, 0.15) is 22.0 Å². The van der Waals surface area contributed by atoms with Crippen molar-refractivity contribution in [2.75, 3.05) is 0 Å². The van der Waals surface area contributed by atoms with Gasteiger partial charge in [0.15, 0.2) is 0 Å². The summed E-state index contributed by atoms with van der Waals surface area (Å²) in [7, 11) is 0. The van der Waals surface area contributed by atoms with Crippen molar-refractivity contribution < 1.29 is 4.79 Å². The zero-order valence-electron chi connectivity index (χ0n) is 10.1. The van der Waals surface area contributed by atoms with Crippen molar-refractivity contribution in [1.29, 1.82) is 0 Å². The summed E-state index contributed by atoms with van der Waals surface area (Å²) in [6, 6.07) is 8.90. The highest BCUT2D eigenvalue weighted by Crippen LogP contribution is 2.15. The third-order valence-electron chi connectivity index (χ3n) is 2.73. The standard InChI is InChI=1S/C13H15N3OS/c1-9-4-2-3-5-11(9)12(14)13(17)15-8-10-6-7-16-18-10/h2-7,12H,8,14H2,1H3,(H,15,17). The number of carbonyl (C=O) groups excluding carboxylic acids is 1. The highest BCUT2D eigenvalue weighted by molar-refractivity contribution is 7.05. The Kier molecular flexibility index (Phi) is 4.07. The molecule has 1 atom stereocenters. The van der Waals surface area contributed by atoms with Crippen molar-refractivity contribution in [2.24, 2.45) is 5.73 Å². The van der Waals surface area contributed by atoms with E-state index < -0.39 is 6.04 Å². The highest BCUT2D eigenvalue weighted by atomic mass is 32.1. The quantitative estimate of drug-likeness (QED) is 0.881. The second-order valence-electron chi connectivity index (χ2n) is 4.03. The fraction of sp³-hybridized carbons (Fsp3) is 0.231. The molecule has 1 amide bonds. The molecule has 0 aliphatic rings. The van der Waals surface area contributed by atoms with E-state index in [1.54, 1.807) is 6.20 Å². The third kappa shape index (κ3) is 2.94. The summed E-state index contributed by atoms with van der Waals surface area (Å²) in [5, 5.41) is 2.82. The smallest absolute Gasteiger partial charge is 0.241 e. The van der Waals surface area contributed by atoms with E-state index in [1.165, 1.54) is 11.5 Å². The van der Waals surface area contributed by atoms with Crippen molar-refractivity contribution in [3.8, 4) is 0 Å². The van der Waals surface area contributed by atoms with E-state index in [0.29, 0.717) is 6.54 Å². The van der Waals surface area contributed by atoms with E-state index in [1.807, 2.05) is 37.3 Å². The molecule has 1 aromatic heterocycles. The Morgan fingerprint density at radius 3 is 2.89 bits per heavy atom. The molecule has 0 saturated heterocycles. The molecule has 0 aliphatic heterocycles. The summed E-state index contributed by atoms with van der Waals surface area (Å²) in [5.74, 6) is -0.169. The van der Waals surface area contributed by atoms with Crippen LogP contribution in [0.4, 0.5) is 0 Å². The number of hydrogen-bond acceptors (Lipinski definition) is 4. The van der Waals surface area contributed by atoms with Crippen molar-refractivity contribution in [2.45, 2.75) is 19.5 Å². The summed E-state index contributed by atoms with van der Waals surface area (Å²) < 4.78 is 3.98. The molecule has 18 heavy (non-hydrogen) atoms. The number of aromatic nitrogens is 1. The van der Waals surface area contributed by atoms with E-state index in [4.69, 9.17) is 5.73 Å². The summed E-state index contributed by atoms with van der Waals surface area (Å²) >= 11 is 1.37. The van der Waals surface area contributed by atoms with Gasteiger partial charge in [-0.25, -0.2) is 4.37 Å². The van der Waals surface area contributed by atoms with Crippen LogP contribution in [0.15, 0.2) is 36.5 Å². The van der Waals surface area contributed by atoms with Crippen LogP contribution in [0.25, 0.3) is 0 Å². The Labute approximate surface area is 110 Å². The lowest BCUT2D eigenvalue weighted by atomic mass is 10.0. The molecular formula is C13H15N3OS. The highest BCUT2D eigenvalue weighted by Gasteiger charge is 2.16. The zero-order chi connectivity index (χ0) is 13.0. The predicted octanol–water partition coefficient (Wildman–Crippen LogP) is 1.77. The van der Waals surface area contributed by atoms with E-state index in [2.05, 4.69) is 9.69 Å². The Morgan fingerprint density at radius 2 is 2.22 bits per heavy atom. The van der Waals surface area contributed by atoms with Gasteiger partial charge in [-0.05, 0) is 35.6 Å². The van der Waals surface area contributed by atoms with Crippen LogP contribution in [0.5, 0.6) is 0 Å². The van der Waals surface area contributed by atoms with Gasteiger partial charge in [-0.2, -0.15) is 0 Å². The number of hydrogen-bond donors (Lipinski definition) is 2. The van der Waals surface area contributed by atoms with Crippen LogP contribution in [-0.2, 0) is 11.3 Å². The molecule has 3 N–H and O–H groups in total. The van der Waals surface area contributed by atoms with Gasteiger partial charge in [0.05, 0.1) is 6.54 Å². The van der Waals surface area contributed by atoms with Crippen molar-refractivity contribution in [3.63, 3.8) is 0 Å². The lowest BCUT2D eigenvalue weighted by Gasteiger charge is -2.14. The third-order valence-corrected chi connectivity index (χ3v) is 3.48. The van der Waals surface area contributed by atoms with Gasteiger partial charge in [0, 0.05) is 11.1 Å². The number of carbonyl (C=O) groups is 1. The molecule has 0 saturated carbocycles. The first-order valence-corrected chi connectivity index (χ1v) is 6.44. The molecule has 94 valence electrons. The largest absolute Gasteiger partial charge is 0.349 e. The fourth-order valence-electron chi connectivity index (χ4n) is 1.69. The predicted molar refractivity (Wildman–Crippen MR) is 72.1 cm³/mol. The first kappa shape index (κ1) is 12.7. The zero-order valence-corrected chi connectivity index (χ0v) is 10.9. The summed E-state index contributed by atoms with van der Waals surface area (Å²) in [6.07, 6.45) is 1.72. The summed E-state index contributed by atoms with van der Waals surface area (Å²) in [5.41, 5.74) is 7.84. The Morgan fingerprint density at radius 1 is 1.44 bits per heavy atom. The normalized spacial score (nSPS) is 12.1. The van der Waals surface area contributed by atoms with Crippen LogP contribution in [0, 0.1) is 6.92 Å². The maximum atomic E-state index is 11.9. The van der Waals surface area contributed by atoms with Gasteiger partial charge in [0.1, 0.15) is 6.04 Å². The van der Waals surface area contributed by atoms with E-state index in [-0.39, 0.29) is 5.91 Å². The Hall–Kier alpha value is -1.72. The van der Waals surface area contributed by atoms with E-state index in [9.17, 15) is 4.79 Å². The maximum absolute atomic E-state index is 11.9. The number of nitrogens with zero attached hydrogens (tertiary/aromatic N) is 1. The molecule has 0 radical (unpaired) electrons. The Bertz CT molecular complexity index is 525. The van der Waals surface area contributed by atoms with Gasteiger partial charge < -0.3 is 11.1 Å². The Balaban J connectivity index is 1.99. The van der Waals surface area contributed by atoms with Crippen LogP contribution < -0.4 is 11.1 Å². The first-order chi connectivity index (χ1) is 8.68. The molecule has 2 aromatic rings. The minimum absolute atomic E-state index is 0.169. The lowest BCUT2D eigenvalue weighted by molar-refractivity contribution is -0.122. The molecule has 0 spiro atoms. The first-order valence-electron chi connectivity index (χ1n) is 5.67. The molecule has 1 aromatic carbocycles. The number of amides is 1. The second-order valence-corrected chi connectivity index (χ2v) is 4.95. The molecule has 1 unspecified atom stereocenters. The maximum Gasteiger partial charge on any atom is 0.241 e. The minimum atomic E-state index is -0.626. The minimum Gasteiger partial charge on any atom is -0.349 e. The summed E-state index contributed by atoms with van der Waals surface area (Å²) in [4.78, 5) is 13.0. The molecule has 0 aliphatic carbocycles. The molecular weight excluding hydrogens is 246 g/mol. The topological polar surface area (TPSA) is 68.0 Å². The average molecular weight is 261 g/mol. The van der Waals surface area contributed by atoms with E-state index in [0.717, 1.165) is 16.0 Å². The van der Waals surface area contributed by atoms with Gasteiger partial charge in [0.25, 0.3) is 0 Å². The lowest BCUT2D eigenvalue weighted by Crippen LogP contribution is -2.33. The van der Waals surface area contributed by atoms with E-state index >= 15 is 0 Å². The number of nitrogens with two attached hydrogens (primary N) is 1. The van der Waals surface area contributed by atoms with Gasteiger partial charge in [-0.15, -0.1) is 0 Å². The number of rotatable bonds is 4. The molecule has 2 rings (SSSR count). The number of aryl methyl sites for hydroxylation is 1. The van der Waals surface area contributed by atoms with Crippen molar-refractivity contribution >= 4 is 17.4 Å². The second kappa shape index (κ2) is 5.75. The molecule has 5 heteroatoms. The molecule has 0 bridgehead atoms. The van der Waals surface area contributed by atoms with Crippen LogP contribution >= 0.6 is 11.5 Å². The molecule has 1 heterocycles. The van der Waals surface area contributed by atoms with Gasteiger partial charge in [0.2, 0.25) is 5.91 Å². The fourth-order valence-corrected chi connectivity index (χ4v) is 2.21. The van der Waals surface area contributed by atoms with Crippen LogP contribution in [-0.4, -0.2) is 10.3 Å². The molecule has 4 nitrogen and oxygen atoms in total. The monoisotopic (exact) mass is 261 g/mol.